The summed E-state index contributed by atoms with van der Waals surface area (Å²) >= 11 is 11.8. The summed E-state index contributed by atoms with van der Waals surface area (Å²) in [5, 5.41) is 14.0. The summed E-state index contributed by atoms with van der Waals surface area (Å²) in [5.41, 5.74) is -0.681. The third-order valence-corrected chi connectivity index (χ3v) is 3.71. The molecule has 2 N–H and O–H groups in total. The Kier molecular flexibility index (Phi) is 5.74. The number of nitrogens with one attached hydrogen (secondary N) is 2. The summed E-state index contributed by atoms with van der Waals surface area (Å²) in [6, 6.07) is 9.49. The number of nitrogens with zero attached hydrogens (tertiary/aromatic N) is 1. The minimum Gasteiger partial charge on any atom is -0.355 e. The zero-order chi connectivity index (χ0) is 17.7. The van der Waals surface area contributed by atoms with Gasteiger partial charge in [-0.2, -0.15) is 5.26 Å². The molecule has 0 radical (unpaired) electrons. The van der Waals surface area contributed by atoms with Crippen molar-refractivity contribution in [2.75, 3.05) is 10.6 Å². The first kappa shape index (κ1) is 17.7. The number of halogens is 4. The van der Waals surface area contributed by atoms with E-state index in [1.807, 2.05) is 0 Å². The summed E-state index contributed by atoms with van der Waals surface area (Å²) in [6.07, 6.45) is 0.898. The number of rotatable bonds is 4. The van der Waals surface area contributed by atoms with Gasteiger partial charge < -0.3 is 10.6 Å². The van der Waals surface area contributed by atoms with Crippen LogP contribution in [0, 0.1) is 23.0 Å². The SMILES string of the molecule is N#C/C(=C/Nc1c(F)cccc1F)C(=O)Nc1cccc(Cl)c1Cl. The summed E-state index contributed by atoms with van der Waals surface area (Å²) in [6.45, 7) is 0. The second-order valence-corrected chi connectivity index (χ2v) is 5.25. The van der Waals surface area contributed by atoms with Gasteiger partial charge in [0.2, 0.25) is 0 Å². The lowest BCUT2D eigenvalue weighted by atomic mass is 10.2. The molecule has 0 aliphatic heterocycles. The number of hydrogen-bond donors (Lipinski definition) is 2. The van der Waals surface area contributed by atoms with Crippen molar-refractivity contribution in [1.82, 2.24) is 0 Å². The molecule has 2 aromatic carbocycles. The van der Waals surface area contributed by atoms with Crippen molar-refractivity contribution >= 4 is 40.5 Å². The van der Waals surface area contributed by atoms with Gasteiger partial charge in [0.15, 0.2) is 0 Å². The average molecular weight is 368 g/mol. The number of nitriles is 1. The second-order valence-electron chi connectivity index (χ2n) is 4.47. The van der Waals surface area contributed by atoms with Crippen LogP contribution >= 0.6 is 23.2 Å². The topological polar surface area (TPSA) is 64.9 Å². The Balaban J connectivity index is 2.20. The van der Waals surface area contributed by atoms with E-state index in [0.717, 1.165) is 18.3 Å². The molecule has 2 aromatic rings. The Morgan fingerprint density at radius 1 is 1.12 bits per heavy atom. The van der Waals surface area contributed by atoms with Crippen LogP contribution in [0.2, 0.25) is 10.0 Å². The Labute approximate surface area is 146 Å². The number of carbonyl (C=O) groups excluding carboxylic acids is 1. The third-order valence-electron chi connectivity index (χ3n) is 2.89. The van der Waals surface area contributed by atoms with Gasteiger partial charge in [0, 0.05) is 6.20 Å². The number of hydrogen-bond acceptors (Lipinski definition) is 3. The minimum atomic E-state index is -0.859. The molecule has 0 saturated carbocycles. The van der Waals surface area contributed by atoms with E-state index in [9.17, 15) is 13.6 Å². The predicted octanol–water partition coefficient (Wildman–Crippen LogP) is 4.73. The number of benzene rings is 2. The molecule has 0 fully saturated rings. The molecule has 0 aromatic heterocycles. The molecule has 0 bridgehead atoms. The van der Waals surface area contributed by atoms with Crippen LogP contribution in [0.1, 0.15) is 0 Å². The Bertz CT molecular complexity index is 843. The molecule has 8 heteroatoms. The Morgan fingerprint density at radius 3 is 2.38 bits per heavy atom. The molecule has 122 valence electrons. The van der Waals surface area contributed by atoms with Gasteiger partial charge in [-0.15, -0.1) is 0 Å². The van der Waals surface area contributed by atoms with Crippen molar-refractivity contribution in [2.24, 2.45) is 0 Å². The van der Waals surface area contributed by atoms with Crippen molar-refractivity contribution in [3.05, 3.63) is 69.9 Å². The molecule has 2 rings (SSSR count). The molecule has 4 nitrogen and oxygen atoms in total. The van der Waals surface area contributed by atoms with Gasteiger partial charge in [-0.3, -0.25) is 4.79 Å². The highest BCUT2D eigenvalue weighted by atomic mass is 35.5. The van der Waals surface area contributed by atoms with Gasteiger partial charge >= 0.3 is 0 Å². The summed E-state index contributed by atoms with van der Waals surface area (Å²) in [5.74, 6) is -2.53. The fourth-order valence-corrected chi connectivity index (χ4v) is 2.07. The fraction of sp³-hybridized carbons (Fsp3) is 0. The normalized spacial score (nSPS) is 10.9. The lowest BCUT2D eigenvalue weighted by molar-refractivity contribution is -0.112. The fourth-order valence-electron chi connectivity index (χ4n) is 1.72. The van der Waals surface area contributed by atoms with E-state index in [0.29, 0.717) is 0 Å². The molecular formula is C16H9Cl2F2N3O. The highest BCUT2D eigenvalue weighted by molar-refractivity contribution is 6.44. The molecule has 0 unspecified atom stereocenters. The standard InChI is InChI=1S/C16H9Cl2F2N3O/c17-10-3-1-6-13(14(10)18)23-16(24)9(7-21)8-22-15-11(19)4-2-5-12(15)20/h1-6,8,22H,(H,23,24)/b9-8-. The molecule has 0 atom stereocenters. The van der Waals surface area contributed by atoms with E-state index >= 15 is 0 Å². The lowest BCUT2D eigenvalue weighted by Gasteiger charge is -2.08. The van der Waals surface area contributed by atoms with Gasteiger partial charge in [0.05, 0.1) is 15.7 Å². The number of anilines is 2. The van der Waals surface area contributed by atoms with Crippen molar-refractivity contribution in [2.45, 2.75) is 0 Å². The summed E-state index contributed by atoms with van der Waals surface area (Å²) < 4.78 is 27.0. The minimum absolute atomic E-state index is 0.109. The van der Waals surface area contributed by atoms with Gasteiger partial charge in [0.1, 0.15) is 29.0 Å². The van der Waals surface area contributed by atoms with Crippen LogP contribution in [0.3, 0.4) is 0 Å². The molecule has 24 heavy (non-hydrogen) atoms. The van der Waals surface area contributed by atoms with E-state index < -0.39 is 28.8 Å². The number of para-hydroxylation sites is 1. The van der Waals surface area contributed by atoms with E-state index in [4.69, 9.17) is 28.5 Å². The maximum Gasteiger partial charge on any atom is 0.267 e. The van der Waals surface area contributed by atoms with Crippen molar-refractivity contribution in [3.8, 4) is 6.07 Å². The van der Waals surface area contributed by atoms with Gasteiger partial charge in [-0.05, 0) is 24.3 Å². The van der Waals surface area contributed by atoms with Crippen LogP contribution in [0.15, 0.2) is 48.2 Å². The summed E-state index contributed by atoms with van der Waals surface area (Å²) in [4.78, 5) is 12.1. The Morgan fingerprint density at radius 2 is 1.75 bits per heavy atom. The maximum absolute atomic E-state index is 13.5. The predicted molar refractivity (Wildman–Crippen MR) is 88.8 cm³/mol. The first-order valence-electron chi connectivity index (χ1n) is 6.50. The molecule has 1 amide bonds. The van der Waals surface area contributed by atoms with Crippen LogP contribution in [-0.4, -0.2) is 5.91 Å². The van der Waals surface area contributed by atoms with E-state index in [2.05, 4.69) is 10.6 Å². The molecule has 0 saturated heterocycles. The first-order chi connectivity index (χ1) is 11.4. The summed E-state index contributed by atoms with van der Waals surface area (Å²) in [7, 11) is 0. The van der Waals surface area contributed by atoms with Crippen LogP contribution in [-0.2, 0) is 4.79 Å². The second kappa shape index (κ2) is 7.77. The third kappa shape index (κ3) is 4.02. The smallest absolute Gasteiger partial charge is 0.267 e. The molecular weight excluding hydrogens is 359 g/mol. The zero-order valence-corrected chi connectivity index (χ0v) is 13.4. The van der Waals surface area contributed by atoms with E-state index in [-0.39, 0.29) is 15.7 Å². The molecule has 0 spiro atoms. The number of amides is 1. The van der Waals surface area contributed by atoms with Gasteiger partial charge in [0.25, 0.3) is 5.91 Å². The molecule has 0 aliphatic rings. The monoisotopic (exact) mass is 367 g/mol. The van der Waals surface area contributed by atoms with E-state index in [1.165, 1.54) is 18.2 Å². The Hall–Kier alpha value is -2.62. The largest absolute Gasteiger partial charge is 0.355 e. The van der Waals surface area contributed by atoms with Crippen LogP contribution < -0.4 is 10.6 Å². The van der Waals surface area contributed by atoms with Crippen LogP contribution in [0.5, 0.6) is 0 Å². The quantitative estimate of drug-likeness (QED) is 0.606. The average Bonchev–Trinajstić information content (AvgIpc) is 2.54. The van der Waals surface area contributed by atoms with E-state index in [1.54, 1.807) is 12.1 Å². The van der Waals surface area contributed by atoms with Crippen molar-refractivity contribution < 1.29 is 13.6 Å². The van der Waals surface area contributed by atoms with Crippen molar-refractivity contribution in [3.63, 3.8) is 0 Å². The van der Waals surface area contributed by atoms with Gasteiger partial charge in [-0.1, -0.05) is 35.3 Å². The zero-order valence-electron chi connectivity index (χ0n) is 11.9. The van der Waals surface area contributed by atoms with Crippen LogP contribution in [0.4, 0.5) is 20.2 Å². The highest BCUT2D eigenvalue weighted by Gasteiger charge is 2.14. The van der Waals surface area contributed by atoms with Crippen LogP contribution in [0.25, 0.3) is 0 Å². The number of carbonyl (C=O) groups is 1. The lowest BCUT2D eigenvalue weighted by Crippen LogP contribution is -2.15. The molecule has 0 heterocycles. The highest BCUT2D eigenvalue weighted by Crippen LogP contribution is 2.29. The maximum atomic E-state index is 13.5. The van der Waals surface area contributed by atoms with Gasteiger partial charge in [-0.25, -0.2) is 8.78 Å². The first-order valence-corrected chi connectivity index (χ1v) is 7.25. The molecule has 0 aliphatic carbocycles. The van der Waals surface area contributed by atoms with Crippen molar-refractivity contribution in [1.29, 1.82) is 5.26 Å².